The van der Waals surface area contributed by atoms with Crippen LogP contribution in [0.25, 0.3) is 21.9 Å². The second-order valence-corrected chi connectivity index (χ2v) is 8.63. The van der Waals surface area contributed by atoms with Gasteiger partial charge >= 0.3 is 5.97 Å². The van der Waals surface area contributed by atoms with Gasteiger partial charge in [0.15, 0.2) is 0 Å². The number of rotatable bonds is 10. The summed E-state index contributed by atoms with van der Waals surface area (Å²) in [4.78, 5) is 24.3. The molecule has 4 rings (SSSR count). The fourth-order valence-corrected chi connectivity index (χ4v) is 4.60. The molecule has 1 heterocycles. The molecule has 34 heavy (non-hydrogen) atoms. The van der Waals surface area contributed by atoms with Crippen molar-refractivity contribution in [1.29, 1.82) is 0 Å². The molecule has 0 saturated heterocycles. The topological polar surface area (TPSA) is 123 Å². The molecule has 1 aromatic heterocycles. The van der Waals surface area contributed by atoms with Crippen LogP contribution in [0, 0.1) is 0 Å². The van der Waals surface area contributed by atoms with E-state index in [1.807, 2.05) is 48.5 Å². The average molecular weight is 480 g/mol. The Hall–Kier alpha value is -3.69. The van der Waals surface area contributed by atoms with Crippen molar-refractivity contribution < 1.29 is 27.9 Å². The minimum atomic E-state index is -2.87. The first kappa shape index (κ1) is 23.5. The second-order valence-electron chi connectivity index (χ2n) is 7.80. The summed E-state index contributed by atoms with van der Waals surface area (Å²) in [5.74, 6) is -1.67. The van der Waals surface area contributed by atoms with E-state index in [-0.39, 0.29) is 24.4 Å². The zero-order chi connectivity index (χ0) is 24.1. The number of amides is 1. The van der Waals surface area contributed by atoms with Gasteiger partial charge in [-0.15, -0.1) is 0 Å². The lowest BCUT2D eigenvalue weighted by Crippen LogP contribution is -2.43. The second kappa shape index (κ2) is 10.5. The Morgan fingerprint density at radius 2 is 1.71 bits per heavy atom. The molecule has 0 saturated carbocycles. The van der Waals surface area contributed by atoms with Crippen LogP contribution in [0.5, 0.6) is 0 Å². The third kappa shape index (κ3) is 5.27. The van der Waals surface area contributed by atoms with Crippen molar-refractivity contribution in [2.45, 2.75) is 25.3 Å². The van der Waals surface area contributed by atoms with E-state index in [0.29, 0.717) is 29.5 Å². The highest BCUT2D eigenvalue weighted by Gasteiger charge is 2.28. The number of carboxylic acid groups (broad SMARTS) is 1. The Morgan fingerprint density at radius 1 is 1.00 bits per heavy atom. The zero-order valence-electron chi connectivity index (χ0n) is 18.2. The first-order chi connectivity index (χ1) is 16.4. The minimum absolute atomic E-state index is 0.129. The first-order valence-corrected chi connectivity index (χ1v) is 11.8. The molecule has 0 radical (unpaired) electrons. The van der Waals surface area contributed by atoms with Gasteiger partial charge in [-0.3, -0.25) is 13.3 Å². The van der Waals surface area contributed by atoms with Gasteiger partial charge in [-0.25, -0.2) is 4.79 Å². The molecule has 0 aliphatic rings. The van der Waals surface area contributed by atoms with Crippen molar-refractivity contribution in [2.24, 2.45) is 0 Å². The number of nitrogens with one attached hydrogen (secondary N) is 1. The molecule has 2 unspecified atom stereocenters. The number of carbonyl (C=O) groups is 2. The lowest BCUT2D eigenvalue weighted by molar-refractivity contribution is -0.138. The highest BCUT2D eigenvalue weighted by molar-refractivity contribution is 7.80. The van der Waals surface area contributed by atoms with Gasteiger partial charge in [0.1, 0.15) is 17.2 Å². The molecule has 1 amide bonds. The summed E-state index contributed by atoms with van der Waals surface area (Å²) in [6.07, 6.45) is 0.339. The average Bonchev–Trinajstić information content (AvgIpc) is 3.20. The van der Waals surface area contributed by atoms with Crippen LogP contribution in [-0.2, 0) is 27.3 Å². The molecule has 0 fully saturated rings. The summed E-state index contributed by atoms with van der Waals surface area (Å²) in [7, 11) is 0. The molecule has 8 nitrogen and oxygen atoms in total. The maximum Gasteiger partial charge on any atom is 0.327 e. The van der Waals surface area contributed by atoms with E-state index < -0.39 is 23.3 Å². The monoisotopic (exact) mass is 479 g/mol. The molecule has 2 atom stereocenters. The third-order valence-corrected chi connectivity index (χ3v) is 6.35. The number of aliphatic carboxylic acids is 1. The van der Waals surface area contributed by atoms with Crippen LogP contribution in [0.2, 0.25) is 0 Å². The molecule has 176 valence electrons. The van der Waals surface area contributed by atoms with Crippen LogP contribution in [0.1, 0.15) is 18.4 Å². The van der Waals surface area contributed by atoms with E-state index in [4.69, 9.17) is 4.42 Å². The Bertz CT molecular complexity index is 1340. The van der Waals surface area contributed by atoms with Crippen molar-refractivity contribution in [3.8, 4) is 0 Å². The van der Waals surface area contributed by atoms with Crippen LogP contribution < -0.4 is 9.62 Å². The quantitative estimate of drug-likeness (QED) is 0.334. The maximum absolute atomic E-state index is 12.3. The van der Waals surface area contributed by atoms with Crippen molar-refractivity contribution in [1.82, 2.24) is 5.32 Å². The fourth-order valence-electron chi connectivity index (χ4n) is 3.91. The number of hydrogen-bond acceptors (Lipinski definition) is 5. The first-order valence-electron chi connectivity index (χ1n) is 10.8. The van der Waals surface area contributed by atoms with Gasteiger partial charge in [-0.05, 0) is 42.7 Å². The fraction of sp³-hybridized carbons (Fsp3) is 0.200. The molecule has 0 bridgehead atoms. The van der Waals surface area contributed by atoms with E-state index in [0.717, 1.165) is 15.3 Å². The van der Waals surface area contributed by atoms with Gasteiger partial charge in [0.25, 0.3) is 0 Å². The molecule has 0 spiro atoms. The van der Waals surface area contributed by atoms with Crippen LogP contribution in [0.4, 0.5) is 5.69 Å². The summed E-state index contributed by atoms with van der Waals surface area (Å²) >= 11 is -2.87. The van der Waals surface area contributed by atoms with E-state index in [2.05, 4.69) is 5.32 Å². The number of anilines is 1. The summed E-state index contributed by atoms with van der Waals surface area (Å²) < 4.78 is 30.7. The normalized spacial score (nSPS) is 13.0. The Balaban J connectivity index is 1.48. The molecular weight excluding hydrogens is 456 g/mol. The van der Waals surface area contributed by atoms with Crippen LogP contribution in [-0.4, -0.2) is 38.3 Å². The van der Waals surface area contributed by atoms with Gasteiger partial charge in [0.2, 0.25) is 5.91 Å². The summed E-state index contributed by atoms with van der Waals surface area (Å²) in [5, 5.41) is 14.0. The van der Waals surface area contributed by atoms with Gasteiger partial charge in [-0.1, -0.05) is 48.5 Å². The van der Waals surface area contributed by atoms with Gasteiger partial charge in [0, 0.05) is 35.0 Å². The summed E-state index contributed by atoms with van der Waals surface area (Å²) in [6, 6.07) is 20.2. The molecular formula is C25H23N2O6S-. The molecule has 3 aromatic carbocycles. The molecule has 0 aliphatic carbocycles. The Labute approximate surface area is 198 Å². The van der Waals surface area contributed by atoms with Gasteiger partial charge in [0.05, 0.1) is 5.69 Å². The number of fused-ring (bicyclic) bond motifs is 3. The largest absolute Gasteiger partial charge is 0.755 e. The number of benzene rings is 3. The molecule has 0 aliphatic heterocycles. The Kier molecular flexibility index (Phi) is 7.24. The number of hydrogen-bond donors (Lipinski definition) is 2. The van der Waals surface area contributed by atoms with Crippen molar-refractivity contribution in [3.63, 3.8) is 0 Å². The maximum atomic E-state index is 12.3. The zero-order valence-corrected chi connectivity index (χ0v) is 19.0. The SMILES string of the molecule is O=C(CCC(C(=O)O)N(c1ccc2oc3ccccc3c2c1)S(=O)[O-])NCCc1ccccc1. The predicted octanol–water partition coefficient (Wildman–Crippen LogP) is 3.78. The van der Waals surface area contributed by atoms with Crippen LogP contribution >= 0.6 is 0 Å². The number of nitrogens with zero attached hydrogens (tertiary/aromatic N) is 1. The number of carboxylic acids is 1. The highest BCUT2D eigenvalue weighted by Crippen LogP contribution is 2.33. The molecule has 4 aromatic rings. The smallest absolute Gasteiger partial charge is 0.327 e. The van der Waals surface area contributed by atoms with Gasteiger partial charge in [-0.2, -0.15) is 0 Å². The van der Waals surface area contributed by atoms with E-state index in [1.165, 1.54) is 6.07 Å². The molecule has 9 heteroatoms. The lowest BCUT2D eigenvalue weighted by atomic mass is 10.1. The number of carbonyl (C=O) groups excluding carboxylic acids is 1. The standard InChI is InChI=1S/C25H24N2O6S/c28-24(26-15-14-17-6-2-1-3-7-17)13-11-21(25(29)30)27(34(31)32)18-10-12-23-20(16-18)19-8-4-5-9-22(19)33-23/h1-10,12,16,21H,11,13-15H2,(H,26,28)(H,29,30)(H,31,32)/p-1. The van der Waals surface area contributed by atoms with Crippen LogP contribution in [0.15, 0.2) is 77.2 Å². The van der Waals surface area contributed by atoms with Gasteiger partial charge < -0.3 is 19.4 Å². The van der Waals surface area contributed by atoms with Crippen LogP contribution in [0.3, 0.4) is 0 Å². The van der Waals surface area contributed by atoms with Crippen molar-refractivity contribution in [3.05, 3.63) is 78.4 Å². The summed E-state index contributed by atoms with van der Waals surface area (Å²) in [6.45, 7) is 0.405. The van der Waals surface area contributed by atoms with Crippen molar-refractivity contribution in [2.75, 3.05) is 10.8 Å². The summed E-state index contributed by atoms with van der Waals surface area (Å²) in [5.41, 5.74) is 2.46. The lowest BCUT2D eigenvalue weighted by Gasteiger charge is -2.32. The predicted molar refractivity (Wildman–Crippen MR) is 129 cm³/mol. The minimum Gasteiger partial charge on any atom is -0.755 e. The Morgan fingerprint density at radius 3 is 2.44 bits per heavy atom. The molecule has 2 N–H and O–H groups in total. The van der Waals surface area contributed by atoms with E-state index >= 15 is 0 Å². The number of furan rings is 1. The van der Waals surface area contributed by atoms with E-state index in [9.17, 15) is 23.5 Å². The highest BCUT2D eigenvalue weighted by atomic mass is 32.2. The third-order valence-electron chi connectivity index (χ3n) is 5.57. The number of para-hydroxylation sites is 1. The van der Waals surface area contributed by atoms with E-state index in [1.54, 1.807) is 18.2 Å². The van der Waals surface area contributed by atoms with Crippen molar-refractivity contribution >= 4 is 50.8 Å².